The molecule has 6 heteroatoms. The van der Waals surface area contributed by atoms with Crippen LogP contribution in [0.25, 0.3) is 0 Å². The fraction of sp³-hybridized carbons (Fsp3) is 0.643. The van der Waals surface area contributed by atoms with Crippen molar-refractivity contribution < 1.29 is 23.6 Å². The van der Waals surface area contributed by atoms with Crippen LogP contribution in [0, 0.1) is 0 Å². The van der Waals surface area contributed by atoms with Crippen molar-refractivity contribution in [3.63, 3.8) is 0 Å². The Hall–Kier alpha value is -1.69. The summed E-state index contributed by atoms with van der Waals surface area (Å²) in [6.45, 7) is 3.99. The van der Waals surface area contributed by atoms with E-state index in [0.717, 1.165) is 19.3 Å². The number of unbranched alkanes of at least 4 members (excludes halogenated alkanes) is 2. The Bertz CT molecular complexity index is 404. The van der Waals surface area contributed by atoms with E-state index in [1.807, 2.05) is 0 Å². The fourth-order valence-electron chi connectivity index (χ4n) is 1.71. The van der Waals surface area contributed by atoms with E-state index in [4.69, 9.17) is 15.2 Å². The van der Waals surface area contributed by atoms with E-state index in [-0.39, 0.29) is 12.6 Å². The minimum Gasteiger partial charge on any atom is -0.463 e. The number of hydrogen-bond donors (Lipinski definition) is 1. The van der Waals surface area contributed by atoms with Gasteiger partial charge in [-0.3, -0.25) is 0 Å². The van der Waals surface area contributed by atoms with Gasteiger partial charge < -0.3 is 15.2 Å². The van der Waals surface area contributed by atoms with Crippen LogP contribution in [0.3, 0.4) is 0 Å². The van der Waals surface area contributed by atoms with Crippen molar-refractivity contribution in [1.82, 2.24) is 0 Å². The first kappa shape index (κ1) is 16.4. The van der Waals surface area contributed by atoms with E-state index in [1.165, 1.54) is 6.92 Å². The molecule has 0 aromatic carbocycles. The number of hydrogen-bond acceptors (Lipinski definition) is 5. The normalized spacial score (nSPS) is 18.6. The van der Waals surface area contributed by atoms with Crippen LogP contribution in [-0.2, 0) is 19.1 Å². The first-order chi connectivity index (χ1) is 9.52. The Morgan fingerprint density at radius 1 is 1.40 bits per heavy atom. The van der Waals surface area contributed by atoms with E-state index in [2.05, 4.69) is 6.92 Å². The van der Waals surface area contributed by atoms with Gasteiger partial charge in [-0.25, -0.2) is 9.59 Å². The zero-order valence-electron chi connectivity index (χ0n) is 12.1. The van der Waals surface area contributed by atoms with Gasteiger partial charge in [-0.05, 0) is 13.3 Å². The van der Waals surface area contributed by atoms with Gasteiger partial charge in [0.15, 0.2) is 18.5 Å². The van der Waals surface area contributed by atoms with Crippen LogP contribution in [-0.4, -0.2) is 48.0 Å². The molecule has 0 radical (unpaired) electrons. The number of carbonyl (C=O) groups excluding carboxylic acids is 2. The summed E-state index contributed by atoms with van der Waals surface area (Å²) in [5.41, 5.74) is 5.62. The smallest absolute Gasteiger partial charge is 0.373 e. The third kappa shape index (κ3) is 5.97. The quantitative estimate of drug-likeness (QED) is 0.400. The summed E-state index contributed by atoms with van der Waals surface area (Å²) in [5, 5.41) is 0. The highest BCUT2D eigenvalue weighted by atomic mass is 16.6. The van der Waals surface area contributed by atoms with Crippen LogP contribution in [0.5, 0.6) is 0 Å². The van der Waals surface area contributed by atoms with Crippen LogP contribution >= 0.6 is 0 Å². The van der Waals surface area contributed by atoms with Gasteiger partial charge in [-0.15, -0.1) is 0 Å². The van der Waals surface area contributed by atoms with Gasteiger partial charge in [0.1, 0.15) is 6.04 Å². The molecule has 20 heavy (non-hydrogen) atoms. The summed E-state index contributed by atoms with van der Waals surface area (Å²) < 4.78 is 11.7. The molecule has 0 aliphatic carbocycles. The van der Waals surface area contributed by atoms with Gasteiger partial charge in [0.05, 0.1) is 6.61 Å². The number of rotatable bonds is 8. The molecule has 1 rings (SSSR count). The summed E-state index contributed by atoms with van der Waals surface area (Å²) in [4.78, 5) is 23.2. The summed E-state index contributed by atoms with van der Waals surface area (Å²) in [6.07, 6.45) is 7.19. The lowest BCUT2D eigenvalue weighted by Crippen LogP contribution is -2.30. The summed E-state index contributed by atoms with van der Waals surface area (Å²) in [6, 6.07) is -0.177. The number of nitrogens with zero attached hydrogens (tertiary/aromatic N) is 1. The van der Waals surface area contributed by atoms with Crippen molar-refractivity contribution in [3.8, 4) is 0 Å². The minimum atomic E-state index is -0.885. The molecule has 0 amide bonds. The first-order valence-corrected chi connectivity index (χ1v) is 6.93. The van der Waals surface area contributed by atoms with Gasteiger partial charge in [0.25, 0.3) is 0 Å². The molecule has 0 saturated heterocycles. The molecule has 0 saturated carbocycles. The summed E-state index contributed by atoms with van der Waals surface area (Å²) >= 11 is 0. The number of nitrogens with two attached hydrogens (primary N) is 1. The van der Waals surface area contributed by atoms with Crippen LogP contribution in [0.4, 0.5) is 0 Å². The van der Waals surface area contributed by atoms with Crippen LogP contribution in [0.1, 0.15) is 33.1 Å². The molecule has 2 N–H and O–H groups in total. The van der Waals surface area contributed by atoms with E-state index in [9.17, 15) is 9.59 Å². The Balaban J connectivity index is 2.25. The van der Waals surface area contributed by atoms with Crippen molar-refractivity contribution in [2.24, 2.45) is 5.73 Å². The molecule has 0 bridgehead atoms. The van der Waals surface area contributed by atoms with Gasteiger partial charge >= 0.3 is 11.9 Å². The van der Waals surface area contributed by atoms with E-state index in [0.29, 0.717) is 6.61 Å². The largest absolute Gasteiger partial charge is 0.463 e. The van der Waals surface area contributed by atoms with Crippen molar-refractivity contribution in [2.45, 2.75) is 45.3 Å². The van der Waals surface area contributed by atoms with E-state index >= 15 is 0 Å². The maximum absolute atomic E-state index is 11.6. The Morgan fingerprint density at radius 3 is 2.75 bits per heavy atom. The lowest BCUT2D eigenvalue weighted by atomic mass is 10.3. The summed E-state index contributed by atoms with van der Waals surface area (Å²) in [7, 11) is 0. The van der Waals surface area contributed by atoms with Gasteiger partial charge in [0, 0.05) is 6.08 Å². The zero-order chi connectivity index (χ0) is 15.0. The second-order valence-corrected chi connectivity index (χ2v) is 4.75. The first-order valence-electron chi connectivity index (χ1n) is 6.93. The van der Waals surface area contributed by atoms with Crippen molar-refractivity contribution in [1.29, 1.82) is 0 Å². The van der Waals surface area contributed by atoms with Crippen LogP contribution in [0.2, 0.25) is 0 Å². The molecule has 0 aromatic rings. The third-order valence-electron chi connectivity index (χ3n) is 2.81. The van der Waals surface area contributed by atoms with Crippen LogP contribution < -0.4 is 5.73 Å². The second kappa shape index (κ2) is 8.47. The molecule has 1 aliphatic heterocycles. The maximum atomic E-state index is 11.6. The van der Waals surface area contributed by atoms with Gasteiger partial charge in [0.2, 0.25) is 6.54 Å². The Labute approximate surface area is 119 Å². The molecular weight excluding hydrogens is 260 g/mol. The number of esters is 2. The molecule has 0 aromatic heterocycles. The number of carbonyl (C=O) groups is 2. The predicted octanol–water partition coefficient (Wildman–Crippen LogP) is 0.589. The standard InChI is InChI=1S/C14H23N2O4/c1-3-4-5-8-19-14(18)11(2)20-13(17)10-16-7-6-12(15)9-16/h6-7,9,11-12H,3-5,8,10,15H2,1-2H3/q+1. The molecule has 6 nitrogen and oxygen atoms in total. The minimum absolute atomic E-state index is 0.0393. The molecule has 1 aliphatic rings. The molecule has 0 fully saturated rings. The zero-order valence-corrected chi connectivity index (χ0v) is 12.1. The highest BCUT2D eigenvalue weighted by Crippen LogP contribution is 2.00. The maximum Gasteiger partial charge on any atom is 0.373 e. The van der Waals surface area contributed by atoms with Gasteiger partial charge in [-0.1, -0.05) is 19.8 Å². The molecule has 1 heterocycles. The van der Waals surface area contributed by atoms with E-state index < -0.39 is 18.0 Å². The summed E-state index contributed by atoms with van der Waals surface area (Å²) in [5.74, 6) is -0.995. The third-order valence-corrected chi connectivity index (χ3v) is 2.81. The molecule has 2 unspecified atom stereocenters. The van der Waals surface area contributed by atoms with Crippen molar-refractivity contribution in [3.05, 3.63) is 12.3 Å². The average Bonchev–Trinajstić information content (AvgIpc) is 2.79. The fourth-order valence-corrected chi connectivity index (χ4v) is 1.71. The topological polar surface area (TPSA) is 81.6 Å². The SMILES string of the molecule is CCCCCOC(=O)C(C)OC(=O)C[N+]1=CC(N)C=C1. The molecular formula is C14H23N2O4+. The lowest BCUT2D eigenvalue weighted by molar-refractivity contribution is -0.440. The van der Waals surface area contributed by atoms with E-state index in [1.54, 1.807) is 23.1 Å². The van der Waals surface area contributed by atoms with Crippen molar-refractivity contribution in [2.75, 3.05) is 13.2 Å². The molecule has 2 atom stereocenters. The predicted molar refractivity (Wildman–Crippen MR) is 74.3 cm³/mol. The second-order valence-electron chi connectivity index (χ2n) is 4.75. The highest BCUT2D eigenvalue weighted by molar-refractivity contribution is 5.79. The monoisotopic (exact) mass is 283 g/mol. The Morgan fingerprint density at radius 2 is 2.15 bits per heavy atom. The number of ether oxygens (including phenoxy) is 2. The molecule has 112 valence electrons. The highest BCUT2D eigenvalue weighted by Gasteiger charge is 2.23. The Kier molecular flexibility index (Phi) is 6.93. The molecule has 0 spiro atoms. The van der Waals surface area contributed by atoms with Crippen molar-refractivity contribution >= 4 is 18.2 Å². The lowest BCUT2D eigenvalue weighted by Gasteiger charge is -2.11. The average molecular weight is 283 g/mol. The van der Waals surface area contributed by atoms with Gasteiger partial charge in [-0.2, -0.15) is 4.58 Å². The van der Waals surface area contributed by atoms with Crippen LogP contribution in [0.15, 0.2) is 12.3 Å².